The van der Waals surface area contributed by atoms with Crippen molar-refractivity contribution in [1.29, 1.82) is 0 Å². The molecule has 0 aromatic heterocycles. The Morgan fingerprint density at radius 3 is 2.60 bits per heavy atom. The smallest absolute Gasteiger partial charge is 0.276 e. The van der Waals surface area contributed by atoms with E-state index in [2.05, 4.69) is 26.8 Å². The third kappa shape index (κ3) is 5.79. The molecule has 0 unspecified atom stereocenters. The lowest BCUT2D eigenvalue weighted by Crippen LogP contribution is -2.43. The standard InChI is InChI=1S/C18H19BrN2O4/c1-3-24-15-6-4-5-13(10-15)18(23)21-20-17(22)11-25-16-8-7-14(19)9-12(16)2/h4-10H,3,11H2,1-2H3,(H,20,22)(H,21,23). The molecule has 0 aliphatic carbocycles. The lowest BCUT2D eigenvalue weighted by molar-refractivity contribution is -0.123. The molecule has 7 heteroatoms. The molecule has 0 saturated carbocycles. The topological polar surface area (TPSA) is 76.7 Å². The fourth-order valence-electron chi connectivity index (χ4n) is 2.05. The Kier molecular flexibility index (Phi) is 6.82. The van der Waals surface area contributed by atoms with Crippen LogP contribution in [-0.4, -0.2) is 25.0 Å². The van der Waals surface area contributed by atoms with Gasteiger partial charge >= 0.3 is 0 Å². The summed E-state index contributed by atoms with van der Waals surface area (Å²) in [5, 5.41) is 0. The van der Waals surface area contributed by atoms with Crippen LogP contribution >= 0.6 is 15.9 Å². The summed E-state index contributed by atoms with van der Waals surface area (Å²) in [4.78, 5) is 23.9. The van der Waals surface area contributed by atoms with E-state index in [1.165, 1.54) is 0 Å². The minimum absolute atomic E-state index is 0.207. The molecule has 0 aliphatic rings. The Bertz CT molecular complexity index is 764. The number of hydrazine groups is 1. The van der Waals surface area contributed by atoms with Crippen LogP contribution in [0.15, 0.2) is 46.9 Å². The summed E-state index contributed by atoms with van der Waals surface area (Å²) < 4.78 is 11.7. The van der Waals surface area contributed by atoms with Gasteiger partial charge in [-0.25, -0.2) is 0 Å². The average molecular weight is 407 g/mol. The number of ether oxygens (including phenoxy) is 2. The first-order chi connectivity index (χ1) is 12.0. The largest absolute Gasteiger partial charge is 0.494 e. The predicted octanol–water partition coefficient (Wildman–Crippen LogP) is 3.00. The van der Waals surface area contributed by atoms with Gasteiger partial charge in [-0.15, -0.1) is 0 Å². The van der Waals surface area contributed by atoms with Gasteiger partial charge in [-0.2, -0.15) is 0 Å². The number of hydrogen-bond donors (Lipinski definition) is 2. The highest BCUT2D eigenvalue weighted by atomic mass is 79.9. The van der Waals surface area contributed by atoms with Gasteiger partial charge in [0, 0.05) is 10.0 Å². The van der Waals surface area contributed by atoms with Gasteiger partial charge in [0.05, 0.1) is 6.61 Å². The molecule has 2 N–H and O–H groups in total. The van der Waals surface area contributed by atoms with Crippen molar-refractivity contribution >= 4 is 27.7 Å². The number of halogens is 1. The molecule has 25 heavy (non-hydrogen) atoms. The van der Waals surface area contributed by atoms with E-state index in [1.54, 1.807) is 30.3 Å². The SMILES string of the molecule is CCOc1cccc(C(=O)NNC(=O)COc2ccc(Br)cc2C)c1. The van der Waals surface area contributed by atoms with Gasteiger partial charge in [-0.05, 0) is 55.8 Å². The van der Waals surface area contributed by atoms with Crippen molar-refractivity contribution in [1.82, 2.24) is 10.9 Å². The van der Waals surface area contributed by atoms with Crippen LogP contribution in [0.2, 0.25) is 0 Å². The van der Waals surface area contributed by atoms with Crippen molar-refractivity contribution in [3.8, 4) is 11.5 Å². The zero-order valence-electron chi connectivity index (χ0n) is 14.0. The minimum Gasteiger partial charge on any atom is -0.494 e. The normalized spacial score (nSPS) is 10.0. The van der Waals surface area contributed by atoms with Crippen LogP contribution in [0.5, 0.6) is 11.5 Å². The summed E-state index contributed by atoms with van der Waals surface area (Å²) in [5.74, 6) is 0.302. The average Bonchev–Trinajstić information content (AvgIpc) is 2.59. The number of nitrogens with one attached hydrogen (secondary N) is 2. The third-order valence-electron chi connectivity index (χ3n) is 3.22. The van der Waals surface area contributed by atoms with Crippen molar-refractivity contribution in [2.45, 2.75) is 13.8 Å². The first kappa shape index (κ1) is 18.8. The molecule has 0 spiro atoms. The fraction of sp³-hybridized carbons (Fsp3) is 0.222. The molecule has 0 heterocycles. The lowest BCUT2D eigenvalue weighted by Gasteiger charge is -2.11. The zero-order valence-corrected chi connectivity index (χ0v) is 15.6. The molecule has 0 bridgehead atoms. The summed E-state index contributed by atoms with van der Waals surface area (Å²) in [6.45, 7) is 4.04. The van der Waals surface area contributed by atoms with E-state index in [9.17, 15) is 9.59 Å². The van der Waals surface area contributed by atoms with Crippen molar-refractivity contribution in [3.05, 3.63) is 58.1 Å². The number of rotatable bonds is 6. The summed E-state index contributed by atoms with van der Waals surface area (Å²) >= 11 is 3.36. The molecule has 0 aliphatic heterocycles. The molecule has 0 atom stereocenters. The number of hydrogen-bond acceptors (Lipinski definition) is 4. The van der Waals surface area contributed by atoms with E-state index in [0.29, 0.717) is 23.7 Å². The Hall–Kier alpha value is -2.54. The van der Waals surface area contributed by atoms with Gasteiger partial charge in [0.15, 0.2) is 6.61 Å². The second kappa shape index (κ2) is 9.08. The minimum atomic E-state index is -0.461. The van der Waals surface area contributed by atoms with Crippen LogP contribution in [0.4, 0.5) is 0 Å². The number of carbonyl (C=O) groups excluding carboxylic acids is 2. The highest BCUT2D eigenvalue weighted by Crippen LogP contribution is 2.21. The van der Waals surface area contributed by atoms with Crippen molar-refractivity contribution in [3.63, 3.8) is 0 Å². The Morgan fingerprint density at radius 2 is 1.88 bits per heavy atom. The second-order valence-electron chi connectivity index (χ2n) is 5.16. The number of carbonyl (C=O) groups is 2. The van der Waals surface area contributed by atoms with E-state index in [0.717, 1.165) is 10.0 Å². The summed E-state index contributed by atoms with van der Waals surface area (Å²) in [6, 6.07) is 12.2. The first-order valence-corrected chi connectivity index (χ1v) is 8.50. The van der Waals surface area contributed by atoms with E-state index in [4.69, 9.17) is 9.47 Å². The predicted molar refractivity (Wildman–Crippen MR) is 97.6 cm³/mol. The Labute approximate surface area is 154 Å². The van der Waals surface area contributed by atoms with E-state index < -0.39 is 11.8 Å². The zero-order chi connectivity index (χ0) is 18.2. The molecule has 0 fully saturated rings. The maximum atomic E-state index is 12.0. The molecule has 132 valence electrons. The van der Waals surface area contributed by atoms with E-state index in [1.807, 2.05) is 26.0 Å². The van der Waals surface area contributed by atoms with Gasteiger partial charge < -0.3 is 9.47 Å². The summed E-state index contributed by atoms with van der Waals surface area (Å²) in [5.41, 5.74) is 5.95. The molecular weight excluding hydrogens is 388 g/mol. The highest BCUT2D eigenvalue weighted by Gasteiger charge is 2.09. The van der Waals surface area contributed by atoms with Crippen LogP contribution in [0.1, 0.15) is 22.8 Å². The summed E-state index contributed by atoms with van der Waals surface area (Å²) in [7, 11) is 0. The molecule has 0 saturated heterocycles. The molecule has 2 aromatic rings. The number of amides is 2. The molecule has 6 nitrogen and oxygen atoms in total. The maximum Gasteiger partial charge on any atom is 0.276 e. The van der Waals surface area contributed by atoms with Crippen LogP contribution in [0.25, 0.3) is 0 Å². The van der Waals surface area contributed by atoms with Gasteiger partial charge in [-0.1, -0.05) is 22.0 Å². The van der Waals surface area contributed by atoms with E-state index >= 15 is 0 Å². The monoisotopic (exact) mass is 406 g/mol. The lowest BCUT2D eigenvalue weighted by atomic mass is 10.2. The quantitative estimate of drug-likeness (QED) is 0.722. The molecule has 0 radical (unpaired) electrons. The van der Waals surface area contributed by atoms with Crippen LogP contribution in [0, 0.1) is 6.92 Å². The van der Waals surface area contributed by atoms with Gasteiger partial charge in [0.2, 0.25) is 0 Å². The molecule has 2 amide bonds. The number of benzene rings is 2. The number of aryl methyl sites for hydroxylation is 1. The second-order valence-corrected chi connectivity index (χ2v) is 6.08. The summed E-state index contributed by atoms with van der Waals surface area (Å²) in [6.07, 6.45) is 0. The third-order valence-corrected chi connectivity index (χ3v) is 3.71. The van der Waals surface area contributed by atoms with Crippen LogP contribution in [-0.2, 0) is 4.79 Å². The molecular formula is C18H19BrN2O4. The van der Waals surface area contributed by atoms with Gasteiger partial charge in [0.25, 0.3) is 11.8 Å². The van der Waals surface area contributed by atoms with Crippen molar-refractivity contribution in [2.75, 3.05) is 13.2 Å². The van der Waals surface area contributed by atoms with Crippen molar-refractivity contribution < 1.29 is 19.1 Å². The first-order valence-electron chi connectivity index (χ1n) is 7.70. The van der Waals surface area contributed by atoms with Crippen LogP contribution in [0.3, 0.4) is 0 Å². The Morgan fingerprint density at radius 1 is 1.08 bits per heavy atom. The van der Waals surface area contributed by atoms with Gasteiger partial charge in [-0.3, -0.25) is 20.4 Å². The highest BCUT2D eigenvalue weighted by molar-refractivity contribution is 9.10. The Balaban J connectivity index is 1.83. The van der Waals surface area contributed by atoms with E-state index in [-0.39, 0.29) is 6.61 Å². The fourth-order valence-corrected chi connectivity index (χ4v) is 2.52. The molecule has 2 aromatic carbocycles. The van der Waals surface area contributed by atoms with Crippen molar-refractivity contribution in [2.24, 2.45) is 0 Å². The van der Waals surface area contributed by atoms with Crippen LogP contribution < -0.4 is 20.3 Å². The maximum absolute atomic E-state index is 12.0. The van der Waals surface area contributed by atoms with Gasteiger partial charge in [0.1, 0.15) is 11.5 Å². The molecule has 2 rings (SSSR count).